The number of methoxy groups -OCH3 is 1. The van der Waals surface area contributed by atoms with Crippen LogP contribution < -0.4 is 5.32 Å². The fourth-order valence-corrected chi connectivity index (χ4v) is 4.74. The van der Waals surface area contributed by atoms with Gasteiger partial charge < -0.3 is 19.9 Å². The largest absolute Gasteiger partial charge is 0.383 e. The van der Waals surface area contributed by atoms with Crippen LogP contribution in [0.15, 0.2) is 35.3 Å². The molecule has 1 N–H and O–H groups in total. The van der Waals surface area contributed by atoms with Gasteiger partial charge in [0.1, 0.15) is 0 Å². The summed E-state index contributed by atoms with van der Waals surface area (Å²) in [4.78, 5) is 9.56. The first-order valence-electron chi connectivity index (χ1n) is 10.9. The third-order valence-corrected chi connectivity index (χ3v) is 6.51. The smallest absolute Gasteiger partial charge is 0.193 e. The van der Waals surface area contributed by atoms with Crippen molar-refractivity contribution in [1.82, 2.24) is 15.1 Å². The molecule has 0 bridgehead atoms. The van der Waals surface area contributed by atoms with Crippen LogP contribution in [-0.2, 0) is 4.74 Å². The maximum atomic E-state index is 5.20. The van der Waals surface area contributed by atoms with Crippen molar-refractivity contribution in [2.75, 3.05) is 60.0 Å². The van der Waals surface area contributed by atoms with Crippen molar-refractivity contribution >= 4 is 29.9 Å². The Kier molecular flexibility index (Phi) is 10.7. The Balaban J connectivity index is 0.00000300. The molecule has 2 fully saturated rings. The lowest BCUT2D eigenvalue weighted by Gasteiger charge is -2.39. The van der Waals surface area contributed by atoms with Gasteiger partial charge in [0, 0.05) is 40.3 Å². The fraction of sp³-hybridized carbons (Fsp3) is 0.696. The molecule has 0 saturated carbocycles. The molecule has 0 spiro atoms. The van der Waals surface area contributed by atoms with Crippen LogP contribution in [0, 0.1) is 11.8 Å². The van der Waals surface area contributed by atoms with Gasteiger partial charge in [0.2, 0.25) is 0 Å². The molecule has 2 heterocycles. The van der Waals surface area contributed by atoms with Crippen LogP contribution in [-0.4, -0.2) is 75.8 Å². The Morgan fingerprint density at radius 3 is 2.48 bits per heavy atom. The molecule has 2 aliphatic heterocycles. The van der Waals surface area contributed by atoms with Crippen LogP contribution in [0.5, 0.6) is 0 Å². The first-order valence-corrected chi connectivity index (χ1v) is 10.9. The van der Waals surface area contributed by atoms with Crippen molar-refractivity contribution in [2.24, 2.45) is 16.8 Å². The van der Waals surface area contributed by atoms with E-state index >= 15 is 0 Å². The molecule has 5 nitrogen and oxygen atoms in total. The third kappa shape index (κ3) is 7.10. The van der Waals surface area contributed by atoms with E-state index in [1.54, 1.807) is 7.11 Å². The minimum Gasteiger partial charge on any atom is -0.383 e. The van der Waals surface area contributed by atoms with E-state index in [0.29, 0.717) is 11.8 Å². The Morgan fingerprint density at radius 2 is 1.86 bits per heavy atom. The molecule has 0 amide bonds. The van der Waals surface area contributed by atoms with Gasteiger partial charge in [-0.05, 0) is 55.7 Å². The van der Waals surface area contributed by atoms with Crippen molar-refractivity contribution < 1.29 is 4.74 Å². The number of benzene rings is 1. The topological polar surface area (TPSA) is 40.1 Å². The second-order valence-corrected chi connectivity index (χ2v) is 8.44. The van der Waals surface area contributed by atoms with Gasteiger partial charge in [0.25, 0.3) is 0 Å². The first-order chi connectivity index (χ1) is 13.7. The average Bonchev–Trinajstić information content (AvgIpc) is 2.74. The summed E-state index contributed by atoms with van der Waals surface area (Å²) in [6.07, 6.45) is 3.73. The molecule has 1 aromatic carbocycles. The summed E-state index contributed by atoms with van der Waals surface area (Å²) in [5.41, 5.74) is 1.48. The van der Waals surface area contributed by atoms with Gasteiger partial charge in [-0.15, -0.1) is 24.0 Å². The molecule has 1 aromatic rings. The summed E-state index contributed by atoms with van der Waals surface area (Å²) >= 11 is 0. The zero-order chi connectivity index (χ0) is 19.8. The van der Waals surface area contributed by atoms with E-state index in [1.807, 2.05) is 7.05 Å². The van der Waals surface area contributed by atoms with Crippen LogP contribution in [0.3, 0.4) is 0 Å². The Morgan fingerprint density at radius 1 is 1.14 bits per heavy atom. The molecular formula is C23H39IN4O. The third-order valence-electron chi connectivity index (χ3n) is 6.51. The SMILES string of the molecule is CN=C(NCC1CCN(CCOC)CC1)N1CCC(c2ccccc2)C(C)C1.I. The van der Waals surface area contributed by atoms with Crippen LogP contribution in [0.4, 0.5) is 0 Å². The molecular weight excluding hydrogens is 475 g/mol. The zero-order valence-electron chi connectivity index (χ0n) is 18.3. The number of nitrogens with zero attached hydrogens (tertiary/aromatic N) is 3. The van der Waals surface area contributed by atoms with Crippen molar-refractivity contribution in [3.8, 4) is 0 Å². The summed E-state index contributed by atoms with van der Waals surface area (Å²) in [5, 5.41) is 3.67. The van der Waals surface area contributed by atoms with E-state index in [1.165, 1.54) is 37.9 Å². The lowest BCUT2D eigenvalue weighted by atomic mass is 9.82. The first kappa shape index (κ1) is 24.4. The predicted octanol–water partition coefficient (Wildman–Crippen LogP) is 3.66. The number of nitrogens with one attached hydrogen (secondary N) is 1. The Bertz CT molecular complexity index is 604. The number of hydrogen-bond acceptors (Lipinski definition) is 3. The fourth-order valence-electron chi connectivity index (χ4n) is 4.74. The second kappa shape index (κ2) is 12.7. The van der Waals surface area contributed by atoms with Crippen molar-refractivity contribution in [3.63, 3.8) is 0 Å². The standard InChI is InChI=1S/C23H38N4O.HI/c1-19-18-27(14-11-22(19)21-7-5-4-6-8-21)23(24-2)25-17-20-9-12-26(13-10-20)15-16-28-3;/h4-8,19-20,22H,9-18H2,1-3H3,(H,24,25);1H. The van der Waals surface area contributed by atoms with E-state index in [2.05, 4.69) is 57.4 Å². The van der Waals surface area contributed by atoms with Crippen LogP contribution >= 0.6 is 24.0 Å². The summed E-state index contributed by atoms with van der Waals surface area (Å²) in [7, 11) is 3.70. The summed E-state index contributed by atoms with van der Waals surface area (Å²) in [5.74, 6) is 3.13. The Labute approximate surface area is 194 Å². The van der Waals surface area contributed by atoms with Gasteiger partial charge >= 0.3 is 0 Å². The monoisotopic (exact) mass is 514 g/mol. The minimum atomic E-state index is 0. The maximum absolute atomic E-state index is 5.20. The summed E-state index contributed by atoms with van der Waals surface area (Å²) in [6.45, 7) is 9.86. The highest BCUT2D eigenvalue weighted by molar-refractivity contribution is 14.0. The van der Waals surface area contributed by atoms with Crippen molar-refractivity contribution in [2.45, 2.75) is 32.1 Å². The molecule has 0 radical (unpaired) electrons. The number of likely N-dealkylation sites (tertiary alicyclic amines) is 2. The van der Waals surface area contributed by atoms with Gasteiger partial charge in [0.15, 0.2) is 5.96 Å². The Hall–Kier alpha value is -0.860. The highest BCUT2D eigenvalue weighted by Crippen LogP contribution is 2.32. The molecule has 3 rings (SSSR count). The lowest BCUT2D eigenvalue weighted by molar-refractivity contribution is 0.120. The summed E-state index contributed by atoms with van der Waals surface area (Å²) < 4.78 is 5.20. The van der Waals surface area contributed by atoms with Gasteiger partial charge in [-0.25, -0.2) is 0 Å². The van der Waals surface area contributed by atoms with Gasteiger partial charge in [-0.1, -0.05) is 37.3 Å². The van der Waals surface area contributed by atoms with Crippen LogP contribution in [0.1, 0.15) is 37.7 Å². The molecule has 164 valence electrons. The lowest BCUT2D eigenvalue weighted by Crippen LogP contribution is -2.49. The molecule has 6 heteroatoms. The van der Waals surface area contributed by atoms with Crippen molar-refractivity contribution in [3.05, 3.63) is 35.9 Å². The maximum Gasteiger partial charge on any atom is 0.193 e. The van der Waals surface area contributed by atoms with E-state index in [9.17, 15) is 0 Å². The quantitative estimate of drug-likeness (QED) is 0.358. The number of aliphatic imine (C=N–C) groups is 1. The minimum absolute atomic E-state index is 0. The molecule has 29 heavy (non-hydrogen) atoms. The zero-order valence-corrected chi connectivity index (χ0v) is 20.7. The van der Waals surface area contributed by atoms with Gasteiger partial charge in [-0.3, -0.25) is 4.99 Å². The van der Waals surface area contributed by atoms with E-state index < -0.39 is 0 Å². The van der Waals surface area contributed by atoms with E-state index in [-0.39, 0.29) is 24.0 Å². The number of hydrogen-bond donors (Lipinski definition) is 1. The normalized spacial score (nSPS) is 24.2. The molecule has 0 aliphatic carbocycles. The molecule has 0 aromatic heterocycles. The molecule has 2 saturated heterocycles. The average molecular weight is 514 g/mol. The summed E-state index contributed by atoms with van der Waals surface area (Å²) in [6, 6.07) is 11.0. The molecule has 2 atom stereocenters. The number of guanidine groups is 1. The van der Waals surface area contributed by atoms with Crippen molar-refractivity contribution in [1.29, 1.82) is 0 Å². The highest BCUT2D eigenvalue weighted by atomic mass is 127. The van der Waals surface area contributed by atoms with Crippen LogP contribution in [0.25, 0.3) is 0 Å². The van der Waals surface area contributed by atoms with Gasteiger partial charge in [0.05, 0.1) is 6.61 Å². The molecule has 2 aliphatic rings. The van der Waals surface area contributed by atoms with Gasteiger partial charge in [-0.2, -0.15) is 0 Å². The van der Waals surface area contributed by atoms with E-state index in [4.69, 9.17) is 4.74 Å². The highest BCUT2D eigenvalue weighted by Gasteiger charge is 2.29. The second-order valence-electron chi connectivity index (χ2n) is 8.44. The number of piperidine rings is 2. The molecule has 2 unspecified atom stereocenters. The number of halogens is 1. The predicted molar refractivity (Wildman–Crippen MR) is 132 cm³/mol. The van der Waals surface area contributed by atoms with Crippen LogP contribution in [0.2, 0.25) is 0 Å². The number of ether oxygens (including phenoxy) is 1. The number of rotatable bonds is 6. The van der Waals surface area contributed by atoms with E-state index in [0.717, 1.165) is 44.7 Å².